The predicted octanol–water partition coefficient (Wildman–Crippen LogP) is 1.53. The number of hydrogen-bond acceptors (Lipinski definition) is 5. The molecular formula is C11H15NO4. The van der Waals surface area contributed by atoms with Gasteiger partial charge in [-0.3, -0.25) is 0 Å². The minimum absolute atomic E-state index is 0.384. The Morgan fingerprint density at radius 3 is 1.94 bits per heavy atom. The fourth-order valence-electron chi connectivity index (χ4n) is 1.39. The first-order chi connectivity index (χ1) is 7.67. The lowest BCUT2D eigenvalue weighted by Crippen LogP contribution is -2.05. The van der Waals surface area contributed by atoms with Crippen LogP contribution in [0.2, 0.25) is 0 Å². The summed E-state index contributed by atoms with van der Waals surface area (Å²) in [5.74, 6) is 0.628. The third-order valence-corrected chi connectivity index (χ3v) is 2.18. The van der Waals surface area contributed by atoms with Crippen molar-refractivity contribution in [3.05, 3.63) is 17.7 Å². The first-order valence-corrected chi connectivity index (χ1v) is 4.70. The first-order valence-electron chi connectivity index (χ1n) is 4.70. The highest BCUT2D eigenvalue weighted by Gasteiger charge is 2.15. The third kappa shape index (κ3) is 2.18. The van der Waals surface area contributed by atoms with Crippen molar-refractivity contribution in [2.45, 2.75) is 0 Å². The van der Waals surface area contributed by atoms with Crippen LogP contribution in [0.15, 0.2) is 12.1 Å². The van der Waals surface area contributed by atoms with Crippen molar-refractivity contribution in [2.75, 3.05) is 33.7 Å². The number of carbonyl (C=O) groups excluding carboxylic acids is 1. The zero-order valence-electron chi connectivity index (χ0n) is 9.79. The Labute approximate surface area is 94.3 Å². The molecule has 1 rings (SSSR count). The second-order valence-corrected chi connectivity index (χ2v) is 3.00. The summed E-state index contributed by atoms with van der Waals surface area (Å²) in [6.07, 6.45) is 0. The van der Waals surface area contributed by atoms with Crippen LogP contribution in [0.1, 0.15) is 10.4 Å². The summed E-state index contributed by atoms with van der Waals surface area (Å²) in [7, 11) is 6.12. The molecule has 88 valence electrons. The van der Waals surface area contributed by atoms with Crippen LogP contribution in [0.3, 0.4) is 0 Å². The lowest BCUT2D eigenvalue weighted by atomic mass is 10.1. The zero-order chi connectivity index (χ0) is 12.1. The fourth-order valence-corrected chi connectivity index (χ4v) is 1.39. The van der Waals surface area contributed by atoms with Gasteiger partial charge in [0.05, 0.1) is 26.9 Å². The standard InChI is InChI=1S/C11H15NO4/c1-12-10-8(14-2)5-7(11(13)16-4)6-9(10)15-3/h5-6,12H,1-4H3. The van der Waals surface area contributed by atoms with Crippen LogP contribution in [-0.4, -0.2) is 34.3 Å². The van der Waals surface area contributed by atoms with E-state index in [1.165, 1.54) is 21.3 Å². The van der Waals surface area contributed by atoms with Gasteiger partial charge in [-0.25, -0.2) is 4.79 Å². The molecule has 0 heterocycles. The Bertz CT molecular complexity index is 365. The van der Waals surface area contributed by atoms with Gasteiger partial charge < -0.3 is 19.5 Å². The van der Waals surface area contributed by atoms with Crippen molar-refractivity contribution in [3.63, 3.8) is 0 Å². The van der Waals surface area contributed by atoms with Gasteiger partial charge in [-0.05, 0) is 12.1 Å². The van der Waals surface area contributed by atoms with Gasteiger partial charge in [-0.1, -0.05) is 0 Å². The number of nitrogens with one attached hydrogen (secondary N) is 1. The lowest BCUT2D eigenvalue weighted by Gasteiger charge is -2.13. The van der Waals surface area contributed by atoms with E-state index in [0.717, 1.165) is 0 Å². The number of methoxy groups -OCH3 is 3. The van der Waals surface area contributed by atoms with Gasteiger partial charge >= 0.3 is 5.97 Å². The highest BCUT2D eigenvalue weighted by atomic mass is 16.5. The molecule has 0 aliphatic carbocycles. The average Bonchev–Trinajstić information content (AvgIpc) is 2.35. The van der Waals surface area contributed by atoms with Gasteiger partial charge in [0.2, 0.25) is 0 Å². The van der Waals surface area contributed by atoms with E-state index in [1.54, 1.807) is 19.2 Å². The van der Waals surface area contributed by atoms with Crippen LogP contribution in [0, 0.1) is 0 Å². The summed E-state index contributed by atoms with van der Waals surface area (Å²) in [5, 5.41) is 2.95. The lowest BCUT2D eigenvalue weighted by molar-refractivity contribution is 0.0600. The maximum absolute atomic E-state index is 11.4. The predicted molar refractivity (Wildman–Crippen MR) is 60.4 cm³/mol. The molecule has 0 aliphatic heterocycles. The van der Waals surface area contributed by atoms with Crippen LogP contribution >= 0.6 is 0 Å². The summed E-state index contributed by atoms with van der Waals surface area (Å²) in [5.41, 5.74) is 1.08. The highest BCUT2D eigenvalue weighted by Crippen LogP contribution is 2.35. The van der Waals surface area contributed by atoms with Crippen molar-refractivity contribution >= 4 is 11.7 Å². The maximum atomic E-state index is 11.4. The molecule has 5 heteroatoms. The third-order valence-electron chi connectivity index (χ3n) is 2.18. The molecule has 0 aromatic heterocycles. The molecule has 0 saturated carbocycles. The Kier molecular flexibility index (Phi) is 3.99. The smallest absolute Gasteiger partial charge is 0.338 e. The quantitative estimate of drug-likeness (QED) is 0.787. The van der Waals surface area contributed by atoms with Crippen molar-refractivity contribution < 1.29 is 19.0 Å². The van der Waals surface area contributed by atoms with Crippen molar-refractivity contribution in [3.8, 4) is 11.5 Å². The molecule has 0 saturated heterocycles. The molecule has 0 fully saturated rings. The Hall–Kier alpha value is -1.91. The van der Waals surface area contributed by atoms with E-state index in [2.05, 4.69) is 10.1 Å². The summed E-state index contributed by atoms with van der Waals surface area (Å²) in [6, 6.07) is 3.19. The largest absolute Gasteiger partial charge is 0.494 e. The molecular weight excluding hydrogens is 210 g/mol. The average molecular weight is 225 g/mol. The monoisotopic (exact) mass is 225 g/mol. The Morgan fingerprint density at radius 1 is 1.12 bits per heavy atom. The van der Waals surface area contributed by atoms with Crippen molar-refractivity contribution in [2.24, 2.45) is 0 Å². The number of anilines is 1. The maximum Gasteiger partial charge on any atom is 0.338 e. The van der Waals surface area contributed by atoms with Crippen molar-refractivity contribution in [1.29, 1.82) is 0 Å². The SMILES string of the molecule is CNc1c(OC)cc(C(=O)OC)cc1OC. The molecule has 0 unspecified atom stereocenters. The summed E-state index contributed by atoms with van der Waals surface area (Å²) in [4.78, 5) is 11.4. The zero-order valence-corrected chi connectivity index (χ0v) is 9.79. The fraction of sp³-hybridized carbons (Fsp3) is 0.364. The van der Waals surface area contributed by atoms with E-state index in [1.807, 2.05) is 0 Å². The molecule has 5 nitrogen and oxygen atoms in total. The minimum atomic E-state index is -0.431. The summed E-state index contributed by atoms with van der Waals surface area (Å²) in [6.45, 7) is 0. The molecule has 1 aromatic carbocycles. The number of carbonyl (C=O) groups is 1. The normalized spacial score (nSPS) is 9.50. The topological polar surface area (TPSA) is 56.8 Å². The molecule has 0 aliphatic rings. The van der Waals surface area contributed by atoms with Crippen LogP contribution in [-0.2, 0) is 4.74 Å². The number of rotatable bonds is 4. The Balaban J connectivity index is 3.31. The second-order valence-electron chi connectivity index (χ2n) is 3.00. The Morgan fingerprint density at radius 2 is 1.62 bits per heavy atom. The van der Waals surface area contributed by atoms with Crippen LogP contribution in [0.25, 0.3) is 0 Å². The number of esters is 1. The molecule has 0 radical (unpaired) electrons. The molecule has 16 heavy (non-hydrogen) atoms. The van der Waals surface area contributed by atoms with Gasteiger partial charge in [-0.15, -0.1) is 0 Å². The number of ether oxygens (including phenoxy) is 3. The molecule has 1 aromatic rings. The van der Waals surface area contributed by atoms with E-state index < -0.39 is 5.97 Å². The van der Waals surface area contributed by atoms with E-state index in [9.17, 15) is 4.79 Å². The van der Waals surface area contributed by atoms with Gasteiger partial charge in [0.25, 0.3) is 0 Å². The first kappa shape index (κ1) is 12.2. The number of benzene rings is 1. The van der Waals surface area contributed by atoms with Crippen LogP contribution < -0.4 is 14.8 Å². The molecule has 0 amide bonds. The number of hydrogen-bond donors (Lipinski definition) is 1. The van der Waals surface area contributed by atoms with Gasteiger partial charge in [0.1, 0.15) is 17.2 Å². The van der Waals surface area contributed by atoms with E-state index in [0.29, 0.717) is 22.7 Å². The minimum Gasteiger partial charge on any atom is -0.494 e. The van der Waals surface area contributed by atoms with E-state index >= 15 is 0 Å². The van der Waals surface area contributed by atoms with Crippen LogP contribution in [0.4, 0.5) is 5.69 Å². The molecule has 0 bridgehead atoms. The van der Waals surface area contributed by atoms with Crippen molar-refractivity contribution in [1.82, 2.24) is 0 Å². The molecule has 0 spiro atoms. The van der Waals surface area contributed by atoms with Gasteiger partial charge in [0.15, 0.2) is 0 Å². The molecule has 0 atom stereocenters. The summed E-state index contributed by atoms with van der Waals surface area (Å²) < 4.78 is 15.0. The van der Waals surface area contributed by atoms with E-state index in [-0.39, 0.29) is 0 Å². The van der Waals surface area contributed by atoms with E-state index in [4.69, 9.17) is 9.47 Å². The van der Waals surface area contributed by atoms with Gasteiger partial charge in [-0.2, -0.15) is 0 Å². The summed E-state index contributed by atoms with van der Waals surface area (Å²) >= 11 is 0. The highest BCUT2D eigenvalue weighted by molar-refractivity contribution is 5.92. The molecule has 1 N–H and O–H groups in total. The van der Waals surface area contributed by atoms with Crippen LogP contribution in [0.5, 0.6) is 11.5 Å². The van der Waals surface area contributed by atoms with Gasteiger partial charge in [0, 0.05) is 7.05 Å². The second kappa shape index (κ2) is 5.25.